The van der Waals surface area contributed by atoms with Gasteiger partial charge in [-0.25, -0.2) is 0 Å². The number of rotatable bonds is 3. The van der Waals surface area contributed by atoms with Crippen LogP contribution in [0.25, 0.3) is 0 Å². The van der Waals surface area contributed by atoms with Crippen LogP contribution in [-0.4, -0.2) is 13.6 Å². The average molecular weight is 255 g/mol. The first-order valence-electron chi connectivity index (χ1n) is 5.14. The van der Waals surface area contributed by atoms with Gasteiger partial charge >= 0.3 is 0 Å². The third-order valence-corrected chi connectivity index (χ3v) is 3.71. The van der Waals surface area contributed by atoms with Gasteiger partial charge in [0, 0.05) is 19.3 Å². The normalized spacial score (nSPS) is 16.6. The van der Waals surface area contributed by atoms with E-state index < -0.39 is 0 Å². The average Bonchev–Trinajstić information content (AvgIpc) is 3.02. The minimum atomic E-state index is -0.138. The lowest BCUT2D eigenvalue weighted by Crippen LogP contribution is -2.25. The molecule has 1 saturated carbocycles. The molecular formula is C12H12Cl2N2. The fourth-order valence-corrected chi connectivity index (χ4v) is 2.02. The third kappa shape index (κ3) is 2.26. The monoisotopic (exact) mass is 254 g/mol. The van der Waals surface area contributed by atoms with Gasteiger partial charge in [0.1, 0.15) is 0 Å². The summed E-state index contributed by atoms with van der Waals surface area (Å²) >= 11 is 11.8. The molecule has 4 heteroatoms. The lowest BCUT2D eigenvalue weighted by Gasteiger charge is -2.22. The van der Waals surface area contributed by atoms with Crippen molar-refractivity contribution in [1.29, 1.82) is 5.26 Å². The largest absolute Gasteiger partial charge is 0.373 e. The lowest BCUT2D eigenvalue weighted by molar-refractivity contribution is 0.653. The maximum atomic E-state index is 9.03. The highest BCUT2D eigenvalue weighted by atomic mass is 35.5. The predicted molar refractivity (Wildman–Crippen MR) is 67.0 cm³/mol. The van der Waals surface area contributed by atoms with Crippen molar-refractivity contribution in [3.05, 3.63) is 28.2 Å². The molecule has 1 aromatic carbocycles. The van der Waals surface area contributed by atoms with Gasteiger partial charge in [-0.05, 0) is 31.0 Å². The summed E-state index contributed by atoms with van der Waals surface area (Å²) in [6.07, 6.45) is 1.99. The molecule has 0 unspecified atom stereocenters. The van der Waals surface area contributed by atoms with E-state index in [0.717, 1.165) is 25.1 Å². The van der Waals surface area contributed by atoms with Crippen molar-refractivity contribution in [2.24, 2.45) is 5.41 Å². The van der Waals surface area contributed by atoms with Crippen molar-refractivity contribution in [2.75, 3.05) is 18.5 Å². The topological polar surface area (TPSA) is 27.0 Å². The molecule has 16 heavy (non-hydrogen) atoms. The molecule has 1 aliphatic rings. The van der Waals surface area contributed by atoms with Crippen LogP contribution in [0.15, 0.2) is 18.2 Å². The van der Waals surface area contributed by atoms with Gasteiger partial charge in [-0.1, -0.05) is 23.2 Å². The molecule has 0 radical (unpaired) electrons. The molecule has 0 N–H and O–H groups in total. The van der Waals surface area contributed by atoms with E-state index in [1.54, 1.807) is 6.07 Å². The second kappa shape index (κ2) is 4.16. The van der Waals surface area contributed by atoms with E-state index in [0.29, 0.717) is 10.0 Å². The zero-order chi connectivity index (χ0) is 11.8. The van der Waals surface area contributed by atoms with Gasteiger partial charge in [0.2, 0.25) is 0 Å². The summed E-state index contributed by atoms with van der Waals surface area (Å²) < 4.78 is 0. The predicted octanol–water partition coefficient (Wildman–Crippen LogP) is 3.73. The molecule has 2 nitrogen and oxygen atoms in total. The second-order valence-corrected chi connectivity index (χ2v) is 5.16. The second-order valence-electron chi connectivity index (χ2n) is 4.35. The Bertz CT molecular complexity index is 447. The van der Waals surface area contributed by atoms with Crippen LogP contribution in [0, 0.1) is 16.7 Å². The highest BCUT2D eigenvalue weighted by molar-refractivity contribution is 6.42. The van der Waals surface area contributed by atoms with E-state index in [9.17, 15) is 0 Å². The van der Waals surface area contributed by atoms with Crippen LogP contribution in [0.4, 0.5) is 5.69 Å². The van der Waals surface area contributed by atoms with Gasteiger partial charge in [-0.3, -0.25) is 0 Å². The molecule has 84 valence electrons. The van der Waals surface area contributed by atoms with Crippen molar-refractivity contribution < 1.29 is 0 Å². The SMILES string of the molecule is CN(CC1(C#N)CC1)c1ccc(Cl)c(Cl)c1. The van der Waals surface area contributed by atoms with Crippen molar-refractivity contribution in [3.63, 3.8) is 0 Å². The molecule has 0 heterocycles. The smallest absolute Gasteiger partial charge is 0.0749 e. The van der Waals surface area contributed by atoms with Crippen molar-refractivity contribution in [2.45, 2.75) is 12.8 Å². The number of nitrogens with zero attached hydrogens (tertiary/aromatic N) is 2. The first-order valence-corrected chi connectivity index (χ1v) is 5.89. The first kappa shape index (κ1) is 11.6. The zero-order valence-corrected chi connectivity index (χ0v) is 10.5. The number of hydrogen-bond donors (Lipinski definition) is 0. The molecule has 0 aromatic heterocycles. The molecule has 1 aliphatic carbocycles. The quantitative estimate of drug-likeness (QED) is 0.822. The maximum Gasteiger partial charge on any atom is 0.0749 e. The van der Waals surface area contributed by atoms with Gasteiger partial charge in [-0.15, -0.1) is 0 Å². The fraction of sp³-hybridized carbons (Fsp3) is 0.417. The summed E-state index contributed by atoms with van der Waals surface area (Å²) in [5.41, 5.74) is 0.858. The van der Waals surface area contributed by atoms with Crippen LogP contribution in [0.3, 0.4) is 0 Å². The molecule has 2 rings (SSSR count). The number of halogens is 2. The van der Waals surface area contributed by atoms with Crippen LogP contribution in [0.2, 0.25) is 10.0 Å². The number of anilines is 1. The van der Waals surface area contributed by atoms with E-state index >= 15 is 0 Å². The van der Waals surface area contributed by atoms with Crippen LogP contribution in [0.1, 0.15) is 12.8 Å². The molecular weight excluding hydrogens is 243 g/mol. The Morgan fingerprint density at radius 1 is 1.38 bits per heavy atom. The Morgan fingerprint density at radius 2 is 2.06 bits per heavy atom. The first-order chi connectivity index (χ1) is 7.56. The minimum absolute atomic E-state index is 0.138. The van der Waals surface area contributed by atoms with Gasteiger partial charge in [0.05, 0.1) is 21.5 Å². The van der Waals surface area contributed by atoms with Crippen molar-refractivity contribution >= 4 is 28.9 Å². The lowest BCUT2D eigenvalue weighted by atomic mass is 10.1. The van der Waals surface area contributed by atoms with E-state index in [1.807, 2.05) is 19.2 Å². The Kier molecular flexibility index (Phi) is 3.01. The molecule has 1 aromatic rings. The van der Waals surface area contributed by atoms with Crippen molar-refractivity contribution in [1.82, 2.24) is 0 Å². The summed E-state index contributed by atoms with van der Waals surface area (Å²) in [5.74, 6) is 0. The highest BCUT2D eigenvalue weighted by Gasteiger charge is 2.44. The number of hydrogen-bond acceptors (Lipinski definition) is 2. The Labute approximate surface area is 105 Å². The Morgan fingerprint density at radius 3 is 2.56 bits per heavy atom. The van der Waals surface area contributed by atoms with Gasteiger partial charge in [0.25, 0.3) is 0 Å². The fourth-order valence-electron chi connectivity index (χ4n) is 1.72. The Hall–Kier alpha value is -0.910. The highest BCUT2D eigenvalue weighted by Crippen LogP contribution is 2.45. The Balaban J connectivity index is 2.12. The summed E-state index contributed by atoms with van der Waals surface area (Å²) in [5, 5.41) is 10.1. The van der Waals surface area contributed by atoms with Crippen LogP contribution in [0.5, 0.6) is 0 Å². The number of nitriles is 1. The van der Waals surface area contributed by atoms with E-state index in [-0.39, 0.29) is 5.41 Å². The molecule has 0 atom stereocenters. The standard InChI is InChI=1S/C12H12Cl2N2/c1-16(8-12(7-15)4-5-12)9-2-3-10(13)11(14)6-9/h2-3,6H,4-5,8H2,1H3. The molecule has 1 fully saturated rings. The summed E-state index contributed by atoms with van der Waals surface area (Å²) in [6.45, 7) is 0.751. The van der Waals surface area contributed by atoms with E-state index in [2.05, 4.69) is 11.0 Å². The summed E-state index contributed by atoms with van der Waals surface area (Å²) in [6, 6.07) is 7.91. The molecule has 0 amide bonds. The molecule has 0 bridgehead atoms. The van der Waals surface area contributed by atoms with Crippen LogP contribution in [-0.2, 0) is 0 Å². The van der Waals surface area contributed by atoms with Gasteiger partial charge in [0.15, 0.2) is 0 Å². The van der Waals surface area contributed by atoms with Crippen LogP contribution < -0.4 is 4.90 Å². The van der Waals surface area contributed by atoms with Gasteiger partial charge in [-0.2, -0.15) is 5.26 Å². The van der Waals surface area contributed by atoms with Crippen LogP contribution >= 0.6 is 23.2 Å². The third-order valence-electron chi connectivity index (χ3n) is 2.97. The molecule has 0 saturated heterocycles. The van der Waals surface area contributed by atoms with E-state index in [4.69, 9.17) is 28.5 Å². The number of benzene rings is 1. The minimum Gasteiger partial charge on any atom is -0.373 e. The maximum absolute atomic E-state index is 9.03. The zero-order valence-electron chi connectivity index (χ0n) is 9.00. The van der Waals surface area contributed by atoms with E-state index in [1.165, 1.54) is 0 Å². The molecule has 0 aliphatic heterocycles. The summed E-state index contributed by atoms with van der Waals surface area (Å²) in [7, 11) is 1.97. The van der Waals surface area contributed by atoms with Crippen molar-refractivity contribution in [3.8, 4) is 6.07 Å². The summed E-state index contributed by atoms with van der Waals surface area (Å²) in [4.78, 5) is 2.05. The van der Waals surface area contributed by atoms with Gasteiger partial charge < -0.3 is 4.90 Å². The molecule has 0 spiro atoms.